The van der Waals surface area contributed by atoms with Gasteiger partial charge in [0, 0.05) is 0 Å². The zero-order valence-electron chi connectivity index (χ0n) is 10.3. The number of phenolic OH excluding ortho intramolecular Hbond substituents is 1. The van der Waals surface area contributed by atoms with Crippen molar-refractivity contribution in [2.24, 2.45) is 5.73 Å². The van der Waals surface area contributed by atoms with Crippen LogP contribution in [0.3, 0.4) is 0 Å². The van der Waals surface area contributed by atoms with E-state index in [1.165, 1.54) is 0 Å². The van der Waals surface area contributed by atoms with Crippen LogP contribution in [-0.4, -0.2) is 32.6 Å². The summed E-state index contributed by atoms with van der Waals surface area (Å²) in [4.78, 5) is 8.90. The molecule has 0 aliphatic rings. The number of aliphatic carboxylic acids is 1. The Morgan fingerprint density at radius 2 is 1.86 bits per heavy atom. The lowest BCUT2D eigenvalue weighted by molar-refractivity contribution is -0.192. The number of nitrogens with zero attached hydrogens (tertiary/aromatic N) is 2. The van der Waals surface area contributed by atoms with E-state index in [0.717, 1.165) is 0 Å². The molecule has 0 amide bonds. The van der Waals surface area contributed by atoms with E-state index in [4.69, 9.17) is 20.1 Å². The molecule has 0 bridgehead atoms. The van der Waals surface area contributed by atoms with Gasteiger partial charge >= 0.3 is 12.1 Å². The minimum absolute atomic E-state index is 0.111. The van der Waals surface area contributed by atoms with Gasteiger partial charge in [-0.15, -0.1) is 10.2 Å². The second-order valence-electron chi connectivity index (χ2n) is 3.53. The summed E-state index contributed by atoms with van der Waals surface area (Å²) in [7, 11) is 0. The number of hydrogen-bond donors (Lipinski definition) is 3. The normalized spacial score (nSPS) is 10.7. The van der Waals surface area contributed by atoms with Gasteiger partial charge in [-0.2, -0.15) is 13.2 Å². The molecule has 114 valence electrons. The zero-order valence-corrected chi connectivity index (χ0v) is 10.3. The Hall–Kier alpha value is -2.62. The number of aromatic hydroxyl groups is 1. The number of para-hydroxylation sites is 1. The number of alkyl halides is 3. The van der Waals surface area contributed by atoms with Crippen molar-refractivity contribution in [2.45, 2.75) is 12.7 Å². The minimum atomic E-state index is -5.08. The van der Waals surface area contributed by atoms with Crippen molar-refractivity contribution in [1.82, 2.24) is 10.2 Å². The van der Waals surface area contributed by atoms with Crippen molar-refractivity contribution >= 4 is 5.97 Å². The molecule has 1 heterocycles. The third kappa shape index (κ3) is 4.76. The summed E-state index contributed by atoms with van der Waals surface area (Å²) in [5, 5.41) is 24.1. The number of hydrogen-bond acceptors (Lipinski definition) is 6. The van der Waals surface area contributed by atoms with E-state index < -0.39 is 12.1 Å². The van der Waals surface area contributed by atoms with E-state index in [-0.39, 0.29) is 18.2 Å². The number of aromatic nitrogens is 2. The SMILES string of the molecule is NCc1nnc(-c2ccccc2O)o1.O=C(O)C(F)(F)F. The van der Waals surface area contributed by atoms with Crippen molar-refractivity contribution in [3.63, 3.8) is 0 Å². The smallest absolute Gasteiger partial charge is 0.490 e. The average Bonchev–Trinajstić information content (AvgIpc) is 2.87. The summed E-state index contributed by atoms with van der Waals surface area (Å²) in [5.74, 6) is -2.01. The van der Waals surface area contributed by atoms with Gasteiger partial charge in [0.1, 0.15) is 5.75 Å². The highest BCUT2D eigenvalue weighted by Gasteiger charge is 2.38. The molecule has 0 radical (unpaired) electrons. The molecule has 7 nitrogen and oxygen atoms in total. The maximum Gasteiger partial charge on any atom is 0.490 e. The molecule has 21 heavy (non-hydrogen) atoms. The Morgan fingerprint density at radius 1 is 1.29 bits per heavy atom. The molecule has 0 atom stereocenters. The molecule has 0 spiro atoms. The van der Waals surface area contributed by atoms with Crippen LogP contribution in [0.4, 0.5) is 13.2 Å². The number of carbonyl (C=O) groups is 1. The van der Waals surface area contributed by atoms with Crippen molar-refractivity contribution in [1.29, 1.82) is 0 Å². The van der Waals surface area contributed by atoms with Gasteiger partial charge in [-0.1, -0.05) is 12.1 Å². The van der Waals surface area contributed by atoms with Crippen LogP contribution in [0.2, 0.25) is 0 Å². The lowest BCUT2D eigenvalue weighted by atomic mass is 10.2. The first-order valence-electron chi connectivity index (χ1n) is 5.36. The molecule has 2 aromatic rings. The fourth-order valence-corrected chi connectivity index (χ4v) is 1.10. The molecule has 2 rings (SSSR count). The molecule has 0 saturated carbocycles. The molecule has 0 unspecified atom stereocenters. The summed E-state index contributed by atoms with van der Waals surface area (Å²) in [5.41, 5.74) is 5.83. The minimum Gasteiger partial charge on any atom is -0.507 e. The highest BCUT2D eigenvalue weighted by Crippen LogP contribution is 2.26. The third-order valence-electron chi connectivity index (χ3n) is 2.02. The molecule has 1 aromatic heterocycles. The van der Waals surface area contributed by atoms with E-state index in [1.54, 1.807) is 24.3 Å². The molecule has 0 saturated heterocycles. The molecular formula is C11H10F3N3O4. The van der Waals surface area contributed by atoms with E-state index in [2.05, 4.69) is 10.2 Å². The lowest BCUT2D eigenvalue weighted by Gasteiger charge is -1.96. The van der Waals surface area contributed by atoms with Gasteiger partial charge in [0.2, 0.25) is 5.89 Å². The standard InChI is InChI=1S/C9H9N3O2.C2HF3O2/c10-5-8-11-12-9(14-8)6-3-1-2-4-7(6)13;3-2(4,5)1(6)7/h1-4,13H,5,10H2;(H,6,7). The first-order valence-corrected chi connectivity index (χ1v) is 5.36. The summed E-state index contributed by atoms with van der Waals surface area (Å²) in [6.07, 6.45) is -5.08. The maximum absolute atomic E-state index is 10.6. The van der Waals surface area contributed by atoms with Crippen molar-refractivity contribution in [3.05, 3.63) is 30.2 Å². The van der Waals surface area contributed by atoms with Gasteiger partial charge in [0.15, 0.2) is 0 Å². The Bertz CT molecular complexity index is 613. The monoisotopic (exact) mass is 305 g/mol. The second kappa shape index (κ2) is 6.70. The average molecular weight is 305 g/mol. The largest absolute Gasteiger partial charge is 0.507 e. The molecule has 0 fully saturated rings. The van der Waals surface area contributed by atoms with E-state index in [9.17, 15) is 18.3 Å². The van der Waals surface area contributed by atoms with Gasteiger partial charge in [-0.25, -0.2) is 4.79 Å². The van der Waals surface area contributed by atoms with Gasteiger partial charge in [0.05, 0.1) is 12.1 Å². The fourth-order valence-electron chi connectivity index (χ4n) is 1.10. The number of benzene rings is 1. The second-order valence-corrected chi connectivity index (χ2v) is 3.53. The highest BCUT2D eigenvalue weighted by molar-refractivity contribution is 5.73. The molecule has 1 aromatic carbocycles. The van der Waals surface area contributed by atoms with E-state index in [0.29, 0.717) is 11.5 Å². The van der Waals surface area contributed by atoms with Gasteiger partial charge in [-0.05, 0) is 12.1 Å². The number of phenols is 1. The number of carboxylic acid groups (broad SMARTS) is 1. The first-order chi connectivity index (χ1) is 9.75. The molecule has 0 aliphatic carbocycles. The fraction of sp³-hybridized carbons (Fsp3) is 0.182. The number of nitrogens with two attached hydrogens (primary N) is 1. The van der Waals surface area contributed by atoms with Gasteiger partial charge < -0.3 is 20.4 Å². The van der Waals surface area contributed by atoms with Crippen LogP contribution in [0.25, 0.3) is 11.5 Å². The highest BCUT2D eigenvalue weighted by atomic mass is 19.4. The van der Waals surface area contributed by atoms with Crippen molar-refractivity contribution in [3.8, 4) is 17.2 Å². The van der Waals surface area contributed by atoms with E-state index in [1.807, 2.05) is 0 Å². The molecule has 10 heteroatoms. The number of carboxylic acids is 1. The Labute approximate surface area is 115 Å². The summed E-state index contributed by atoms with van der Waals surface area (Å²) in [6, 6.07) is 6.76. The predicted octanol–water partition coefficient (Wildman–Crippen LogP) is 1.53. The summed E-state index contributed by atoms with van der Waals surface area (Å²) >= 11 is 0. The molecule has 0 aliphatic heterocycles. The Morgan fingerprint density at radius 3 is 2.29 bits per heavy atom. The topological polar surface area (TPSA) is 122 Å². The number of rotatable bonds is 2. The van der Waals surface area contributed by atoms with Crippen molar-refractivity contribution < 1.29 is 32.6 Å². The van der Waals surface area contributed by atoms with Crippen LogP contribution in [0.15, 0.2) is 28.7 Å². The summed E-state index contributed by atoms with van der Waals surface area (Å²) in [6.45, 7) is 0.195. The van der Waals surface area contributed by atoms with Crippen LogP contribution >= 0.6 is 0 Å². The van der Waals surface area contributed by atoms with Crippen LogP contribution in [-0.2, 0) is 11.3 Å². The van der Waals surface area contributed by atoms with Crippen LogP contribution < -0.4 is 5.73 Å². The quantitative estimate of drug-likeness (QED) is 0.769. The molecular weight excluding hydrogens is 295 g/mol. The third-order valence-corrected chi connectivity index (χ3v) is 2.02. The van der Waals surface area contributed by atoms with Gasteiger partial charge in [0.25, 0.3) is 5.89 Å². The van der Waals surface area contributed by atoms with Gasteiger partial charge in [-0.3, -0.25) is 0 Å². The van der Waals surface area contributed by atoms with Crippen LogP contribution in [0.5, 0.6) is 5.75 Å². The molecule has 4 N–H and O–H groups in total. The zero-order chi connectivity index (χ0) is 16.0. The van der Waals surface area contributed by atoms with Crippen molar-refractivity contribution in [2.75, 3.05) is 0 Å². The lowest BCUT2D eigenvalue weighted by Crippen LogP contribution is -2.21. The number of halogens is 3. The first kappa shape index (κ1) is 16.4. The van der Waals surface area contributed by atoms with E-state index >= 15 is 0 Å². The van der Waals surface area contributed by atoms with Crippen LogP contribution in [0.1, 0.15) is 5.89 Å². The maximum atomic E-state index is 10.6. The Balaban J connectivity index is 0.000000270. The van der Waals surface area contributed by atoms with Crippen LogP contribution in [0, 0.1) is 0 Å². The summed E-state index contributed by atoms with van der Waals surface area (Å²) < 4.78 is 36.9. The Kier molecular flexibility index (Phi) is 5.24. The predicted molar refractivity (Wildman–Crippen MR) is 63.0 cm³/mol.